The van der Waals surface area contributed by atoms with E-state index in [1.54, 1.807) is 6.08 Å². The van der Waals surface area contributed by atoms with Crippen LogP contribution in [0.25, 0.3) is 0 Å². The highest BCUT2D eigenvalue weighted by atomic mass is 16.5. The van der Waals surface area contributed by atoms with Crippen LogP contribution in [-0.4, -0.2) is 36.5 Å². The van der Waals surface area contributed by atoms with Gasteiger partial charge in [-0.1, -0.05) is 19.9 Å². The minimum atomic E-state index is -0.431. The second-order valence-corrected chi connectivity index (χ2v) is 5.28. The predicted molar refractivity (Wildman–Crippen MR) is 73.7 cm³/mol. The van der Waals surface area contributed by atoms with Gasteiger partial charge in [-0.05, 0) is 25.7 Å². The standard InChI is InChI=1S/C15H26O4/c1-5-7-12(16)10(3)13-8-9-14(19-13)11(6-2)15(17)18-4/h5,10-14,16H,1,6-9H2,2-4H3/t10-,11-,12-,13-,14+/m0/s1. The molecular weight excluding hydrogens is 244 g/mol. The summed E-state index contributed by atoms with van der Waals surface area (Å²) in [5.74, 6) is -0.343. The molecule has 4 heteroatoms. The molecule has 1 heterocycles. The van der Waals surface area contributed by atoms with Crippen LogP contribution < -0.4 is 0 Å². The largest absolute Gasteiger partial charge is 0.469 e. The van der Waals surface area contributed by atoms with Crippen molar-refractivity contribution in [2.24, 2.45) is 11.8 Å². The van der Waals surface area contributed by atoms with Crippen LogP contribution in [0.4, 0.5) is 0 Å². The van der Waals surface area contributed by atoms with Gasteiger partial charge in [-0.25, -0.2) is 0 Å². The van der Waals surface area contributed by atoms with E-state index in [0.29, 0.717) is 12.8 Å². The van der Waals surface area contributed by atoms with Crippen LogP contribution in [0.1, 0.15) is 39.5 Å². The highest BCUT2D eigenvalue weighted by Gasteiger charge is 2.38. The van der Waals surface area contributed by atoms with Crippen molar-refractivity contribution in [2.45, 2.75) is 57.8 Å². The van der Waals surface area contributed by atoms with Gasteiger partial charge >= 0.3 is 5.97 Å². The summed E-state index contributed by atoms with van der Waals surface area (Å²) >= 11 is 0. The maximum Gasteiger partial charge on any atom is 0.311 e. The first-order chi connectivity index (χ1) is 9.04. The van der Waals surface area contributed by atoms with Crippen LogP contribution in [0.2, 0.25) is 0 Å². The number of esters is 1. The smallest absolute Gasteiger partial charge is 0.311 e. The van der Waals surface area contributed by atoms with E-state index in [-0.39, 0.29) is 30.0 Å². The van der Waals surface area contributed by atoms with Crippen molar-refractivity contribution in [2.75, 3.05) is 7.11 Å². The molecule has 0 saturated carbocycles. The van der Waals surface area contributed by atoms with Gasteiger partial charge in [0.2, 0.25) is 0 Å². The van der Waals surface area contributed by atoms with Gasteiger partial charge in [0.15, 0.2) is 0 Å². The van der Waals surface area contributed by atoms with Gasteiger partial charge in [0.25, 0.3) is 0 Å². The molecule has 0 aromatic rings. The molecule has 1 saturated heterocycles. The molecule has 0 radical (unpaired) electrons. The van der Waals surface area contributed by atoms with Crippen LogP contribution in [0.3, 0.4) is 0 Å². The summed E-state index contributed by atoms with van der Waals surface area (Å²) < 4.78 is 10.8. The van der Waals surface area contributed by atoms with Crippen molar-refractivity contribution in [3.05, 3.63) is 12.7 Å². The first-order valence-corrected chi connectivity index (χ1v) is 7.07. The average Bonchev–Trinajstić information content (AvgIpc) is 2.88. The zero-order valence-corrected chi connectivity index (χ0v) is 12.2. The second kappa shape index (κ2) is 7.65. The number of carbonyl (C=O) groups excluding carboxylic acids is 1. The molecule has 110 valence electrons. The molecule has 1 aliphatic heterocycles. The van der Waals surface area contributed by atoms with Gasteiger partial charge in [-0.15, -0.1) is 6.58 Å². The van der Waals surface area contributed by atoms with Crippen molar-refractivity contribution >= 4 is 5.97 Å². The van der Waals surface area contributed by atoms with Crippen molar-refractivity contribution in [3.63, 3.8) is 0 Å². The fraction of sp³-hybridized carbons (Fsp3) is 0.800. The summed E-state index contributed by atoms with van der Waals surface area (Å²) in [6, 6.07) is 0. The van der Waals surface area contributed by atoms with E-state index in [9.17, 15) is 9.90 Å². The van der Waals surface area contributed by atoms with Crippen molar-refractivity contribution in [1.29, 1.82) is 0 Å². The number of rotatable bonds is 7. The predicted octanol–water partition coefficient (Wildman–Crippen LogP) is 2.31. The van der Waals surface area contributed by atoms with Gasteiger partial charge in [0.1, 0.15) is 0 Å². The van der Waals surface area contributed by atoms with E-state index in [1.807, 2.05) is 13.8 Å². The number of carbonyl (C=O) groups is 1. The Morgan fingerprint density at radius 3 is 2.68 bits per heavy atom. The third kappa shape index (κ3) is 4.05. The Morgan fingerprint density at radius 2 is 2.16 bits per heavy atom. The summed E-state index contributed by atoms with van der Waals surface area (Å²) in [6.45, 7) is 7.59. The van der Waals surface area contributed by atoms with E-state index in [1.165, 1.54) is 7.11 Å². The molecule has 0 unspecified atom stereocenters. The Balaban J connectivity index is 2.57. The van der Waals surface area contributed by atoms with Crippen molar-refractivity contribution in [3.8, 4) is 0 Å². The molecule has 19 heavy (non-hydrogen) atoms. The number of aliphatic hydroxyl groups excluding tert-OH is 1. The fourth-order valence-corrected chi connectivity index (χ4v) is 2.74. The molecule has 0 aliphatic carbocycles. The molecule has 0 amide bonds. The van der Waals surface area contributed by atoms with Crippen LogP contribution in [0.15, 0.2) is 12.7 Å². The van der Waals surface area contributed by atoms with Crippen LogP contribution in [0, 0.1) is 11.8 Å². The highest BCUT2D eigenvalue weighted by Crippen LogP contribution is 2.33. The molecule has 4 nitrogen and oxygen atoms in total. The van der Waals surface area contributed by atoms with E-state index >= 15 is 0 Å². The number of methoxy groups -OCH3 is 1. The quantitative estimate of drug-likeness (QED) is 0.570. The molecule has 0 aromatic heterocycles. The van der Waals surface area contributed by atoms with E-state index in [4.69, 9.17) is 9.47 Å². The third-order valence-corrected chi connectivity index (χ3v) is 4.08. The van der Waals surface area contributed by atoms with Crippen LogP contribution in [0.5, 0.6) is 0 Å². The minimum absolute atomic E-state index is 0.0126. The maximum atomic E-state index is 11.7. The lowest BCUT2D eigenvalue weighted by molar-refractivity contribution is -0.152. The summed E-state index contributed by atoms with van der Waals surface area (Å²) in [4.78, 5) is 11.7. The summed E-state index contributed by atoms with van der Waals surface area (Å²) in [6.07, 6.45) is 4.24. The molecule has 1 rings (SSSR count). The molecule has 1 fully saturated rings. The summed E-state index contributed by atoms with van der Waals surface area (Å²) in [5.41, 5.74) is 0. The highest BCUT2D eigenvalue weighted by molar-refractivity contribution is 5.72. The first-order valence-electron chi connectivity index (χ1n) is 7.07. The molecule has 0 spiro atoms. The topological polar surface area (TPSA) is 55.8 Å². The molecule has 1 aliphatic rings. The van der Waals surface area contributed by atoms with Crippen molar-refractivity contribution in [1.82, 2.24) is 0 Å². The van der Waals surface area contributed by atoms with Gasteiger partial charge < -0.3 is 14.6 Å². The average molecular weight is 270 g/mol. The van der Waals surface area contributed by atoms with Crippen LogP contribution >= 0.6 is 0 Å². The minimum Gasteiger partial charge on any atom is -0.469 e. The SMILES string of the molecule is C=CC[C@H](O)[C@H](C)[C@@H]1CC[C@H]([C@H](CC)C(=O)OC)O1. The lowest BCUT2D eigenvalue weighted by Crippen LogP contribution is -2.33. The Hall–Kier alpha value is -0.870. The zero-order valence-electron chi connectivity index (χ0n) is 12.2. The monoisotopic (exact) mass is 270 g/mol. The Bertz CT molecular complexity index is 303. The van der Waals surface area contributed by atoms with E-state index in [2.05, 4.69) is 6.58 Å². The second-order valence-electron chi connectivity index (χ2n) is 5.28. The number of hydrogen-bond donors (Lipinski definition) is 1. The number of ether oxygens (including phenoxy) is 2. The molecule has 0 bridgehead atoms. The first kappa shape index (κ1) is 16.2. The van der Waals surface area contributed by atoms with Gasteiger partial charge in [-0.3, -0.25) is 4.79 Å². The van der Waals surface area contributed by atoms with Crippen molar-refractivity contribution < 1.29 is 19.4 Å². The Kier molecular flexibility index (Phi) is 6.52. The van der Waals surface area contributed by atoms with Gasteiger partial charge in [0, 0.05) is 5.92 Å². The van der Waals surface area contributed by atoms with Gasteiger partial charge in [-0.2, -0.15) is 0 Å². The van der Waals surface area contributed by atoms with E-state index < -0.39 is 6.10 Å². The molecule has 5 atom stereocenters. The molecule has 0 aromatic carbocycles. The van der Waals surface area contributed by atoms with Crippen LogP contribution in [-0.2, 0) is 14.3 Å². The summed E-state index contributed by atoms with van der Waals surface area (Å²) in [5, 5.41) is 9.97. The van der Waals surface area contributed by atoms with E-state index in [0.717, 1.165) is 12.8 Å². The number of aliphatic hydroxyl groups is 1. The Morgan fingerprint density at radius 1 is 1.53 bits per heavy atom. The zero-order chi connectivity index (χ0) is 14.4. The maximum absolute atomic E-state index is 11.7. The lowest BCUT2D eigenvalue weighted by Gasteiger charge is -2.26. The van der Waals surface area contributed by atoms with Gasteiger partial charge in [0.05, 0.1) is 31.3 Å². The number of hydrogen-bond acceptors (Lipinski definition) is 4. The molecule has 1 N–H and O–H groups in total. The summed E-state index contributed by atoms with van der Waals surface area (Å²) in [7, 11) is 1.41. The fourth-order valence-electron chi connectivity index (χ4n) is 2.74. The normalized spacial score (nSPS) is 27.6. The Labute approximate surface area is 115 Å². The third-order valence-electron chi connectivity index (χ3n) is 4.08. The lowest BCUT2D eigenvalue weighted by atomic mass is 9.93. The molecular formula is C15H26O4.